The number of nitrogens with one attached hydrogen (secondary N) is 2. The molecule has 8 nitrogen and oxygen atoms in total. The van der Waals surface area contributed by atoms with E-state index in [-0.39, 0.29) is 16.3 Å². The predicted molar refractivity (Wildman–Crippen MR) is 120 cm³/mol. The molecule has 1 heterocycles. The Morgan fingerprint density at radius 1 is 1.00 bits per heavy atom. The van der Waals surface area contributed by atoms with Gasteiger partial charge in [0.25, 0.3) is 15.9 Å². The van der Waals surface area contributed by atoms with Gasteiger partial charge in [0.15, 0.2) is 11.5 Å². The average molecular weight is 472 g/mol. The highest BCUT2D eigenvalue weighted by atomic mass is 32.2. The van der Waals surface area contributed by atoms with E-state index in [1.165, 1.54) is 19.2 Å². The van der Waals surface area contributed by atoms with Gasteiger partial charge in [-0.1, -0.05) is 12.1 Å². The van der Waals surface area contributed by atoms with Gasteiger partial charge in [-0.3, -0.25) is 9.52 Å². The summed E-state index contributed by atoms with van der Waals surface area (Å²) in [6.45, 7) is 1.72. The van der Waals surface area contributed by atoms with E-state index in [9.17, 15) is 17.6 Å². The molecule has 10 heteroatoms. The van der Waals surface area contributed by atoms with Gasteiger partial charge in [-0.2, -0.15) is 0 Å². The molecule has 2 atom stereocenters. The minimum absolute atomic E-state index is 0.0961. The number of para-hydroxylation sites is 2. The molecule has 2 N–H and O–H groups in total. The van der Waals surface area contributed by atoms with Gasteiger partial charge in [0.2, 0.25) is 6.10 Å². The zero-order valence-electron chi connectivity index (χ0n) is 17.7. The molecule has 0 fully saturated rings. The number of carbonyl (C=O) groups is 1. The molecule has 0 bridgehead atoms. The Balaban J connectivity index is 1.54. The number of hydrogen-bond donors (Lipinski definition) is 2. The minimum Gasteiger partial charge on any atom is -0.495 e. The van der Waals surface area contributed by atoms with Crippen molar-refractivity contribution in [2.45, 2.75) is 24.0 Å². The summed E-state index contributed by atoms with van der Waals surface area (Å²) in [5.41, 5.74) is 0.408. The van der Waals surface area contributed by atoms with Gasteiger partial charge < -0.3 is 19.5 Å². The normalized spacial score (nSPS) is 17.2. The lowest BCUT2D eigenvalue weighted by molar-refractivity contribution is -0.128. The average Bonchev–Trinajstić information content (AvgIpc) is 2.79. The first-order valence-corrected chi connectivity index (χ1v) is 11.4. The molecule has 0 aromatic heterocycles. The number of amides is 1. The third kappa shape index (κ3) is 4.85. The highest BCUT2D eigenvalue weighted by Crippen LogP contribution is 2.34. The highest BCUT2D eigenvalue weighted by Gasteiger charge is 2.34. The molecule has 0 spiro atoms. The minimum atomic E-state index is -4.02. The van der Waals surface area contributed by atoms with Crippen LogP contribution in [0.5, 0.6) is 17.2 Å². The van der Waals surface area contributed by atoms with Crippen LogP contribution in [0.4, 0.5) is 15.8 Å². The Morgan fingerprint density at radius 3 is 2.33 bits per heavy atom. The number of rotatable bonds is 6. The summed E-state index contributed by atoms with van der Waals surface area (Å²) < 4.78 is 57.8. The molecule has 0 saturated carbocycles. The molecule has 2 unspecified atom stereocenters. The van der Waals surface area contributed by atoms with Crippen molar-refractivity contribution >= 4 is 27.3 Å². The second-order valence-electron chi connectivity index (χ2n) is 7.27. The van der Waals surface area contributed by atoms with Crippen molar-refractivity contribution in [2.75, 3.05) is 17.1 Å². The Morgan fingerprint density at radius 2 is 1.67 bits per heavy atom. The lowest BCUT2D eigenvalue weighted by Gasteiger charge is -2.31. The molecule has 0 radical (unpaired) electrons. The smallest absolute Gasteiger partial charge is 0.269 e. The van der Waals surface area contributed by atoms with Crippen LogP contribution in [0.25, 0.3) is 0 Å². The van der Waals surface area contributed by atoms with Crippen LogP contribution in [0.3, 0.4) is 0 Å². The summed E-state index contributed by atoms with van der Waals surface area (Å²) in [6, 6.07) is 15.9. The van der Waals surface area contributed by atoms with E-state index in [1.807, 2.05) is 0 Å². The number of anilines is 2. The zero-order chi connectivity index (χ0) is 23.6. The number of hydrogen-bond acceptors (Lipinski definition) is 6. The van der Waals surface area contributed by atoms with Crippen LogP contribution in [-0.2, 0) is 14.8 Å². The number of fused-ring (bicyclic) bond motifs is 1. The summed E-state index contributed by atoms with van der Waals surface area (Å²) in [5, 5.41) is 2.71. The van der Waals surface area contributed by atoms with Gasteiger partial charge in [0.05, 0.1) is 17.7 Å². The van der Waals surface area contributed by atoms with Crippen LogP contribution in [-0.4, -0.2) is 33.6 Å². The van der Waals surface area contributed by atoms with E-state index in [0.717, 1.165) is 24.3 Å². The quantitative estimate of drug-likeness (QED) is 0.566. The maximum Gasteiger partial charge on any atom is 0.269 e. The summed E-state index contributed by atoms with van der Waals surface area (Å²) >= 11 is 0. The molecule has 3 aromatic rings. The van der Waals surface area contributed by atoms with Gasteiger partial charge in [-0.25, -0.2) is 12.8 Å². The van der Waals surface area contributed by atoms with Crippen LogP contribution in [0.2, 0.25) is 0 Å². The molecular formula is C23H21FN2O6S. The first-order chi connectivity index (χ1) is 15.8. The molecule has 1 aliphatic heterocycles. The SMILES string of the molecule is COc1ccc(NC(=O)C2Oc3ccccc3OC2C)cc1NS(=O)(=O)c1ccc(F)cc1. The van der Waals surface area contributed by atoms with Gasteiger partial charge in [-0.05, 0) is 61.5 Å². The molecule has 4 rings (SSSR count). The Hall–Kier alpha value is -3.79. The van der Waals surface area contributed by atoms with E-state index in [0.29, 0.717) is 17.2 Å². The monoisotopic (exact) mass is 472 g/mol. The molecule has 3 aromatic carbocycles. The van der Waals surface area contributed by atoms with Crippen molar-refractivity contribution in [1.82, 2.24) is 0 Å². The first-order valence-electron chi connectivity index (χ1n) is 9.96. The third-order valence-corrected chi connectivity index (χ3v) is 6.32. The molecule has 1 amide bonds. The second kappa shape index (κ2) is 8.99. The van der Waals surface area contributed by atoms with Gasteiger partial charge in [-0.15, -0.1) is 0 Å². The molecule has 172 valence electrons. The van der Waals surface area contributed by atoms with Crippen molar-refractivity contribution in [3.05, 3.63) is 72.5 Å². The fraction of sp³-hybridized carbons (Fsp3) is 0.174. The standard InChI is InChI=1S/C23H21FN2O6S/c1-14-22(32-21-6-4-3-5-20(21)31-14)23(27)25-16-9-12-19(30-2)18(13-16)26-33(28,29)17-10-7-15(24)8-11-17/h3-14,22,26H,1-2H3,(H,25,27). The molecule has 33 heavy (non-hydrogen) atoms. The second-order valence-corrected chi connectivity index (χ2v) is 8.95. The number of carbonyl (C=O) groups excluding carboxylic acids is 1. The number of methoxy groups -OCH3 is 1. The number of benzene rings is 3. The van der Waals surface area contributed by atoms with Crippen molar-refractivity contribution in [1.29, 1.82) is 0 Å². The largest absolute Gasteiger partial charge is 0.495 e. The molecule has 0 aliphatic carbocycles. The van der Waals surface area contributed by atoms with E-state index in [2.05, 4.69) is 10.0 Å². The van der Waals surface area contributed by atoms with Crippen molar-refractivity contribution in [3.63, 3.8) is 0 Å². The van der Waals surface area contributed by atoms with Crippen LogP contribution in [0.1, 0.15) is 6.92 Å². The molecule has 0 saturated heterocycles. The fourth-order valence-electron chi connectivity index (χ4n) is 3.30. The summed E-state index contributed by atoms with van der Waals surface area (Å²) in [4.78, 5) is 12.7. The van der Waals surface area contributed by atoms with Gasteiger partial charge in [0.1, 0.15) is 17.7 Å². The van der Waals surface area contributed by atoms with Crippen molar-refractivity contribution < 1.29 is 31.8 Å². The molecular weight excluding hydrogens is 451 g/mol. The zero-order valence-corrected chi connectivity index (χ0v) is 18.6. The lowest BCUT2D eigenvalue weighted by atomic mass is 10.1. The van der Waals surface area contributed by atoms with E-state index in [4.69, 9.17) is 14.2 Å². The topological polar surface area (TPSA) is 103 Å². The van der Waals surface area contributed by atoms with E-state index >= 15 is 0 Å². The number of halogens is 1. The van der Waals surface area contributed by atoms with Gasteiger partial charge in [0, 0.05) is 5.69 Å². The van der Waals surface area contributed by atoms with Gasteiger partial charge >= 0.3 is 0 Å². The van der Waals surface area contributed by atoms with Crippen molar-refractivity contribution in [2.24, 2.45) is 0 Å². The number of ether oxygens (including phenoxy) is 3. The Bertz CT molecular complexity index is 1280. The maximum atomic E-state index is 13.2. The van der Waals surface area contributed by atoms with E-state index < -0.39 is 34.0 Å². The third-order valence-electron chi connectivity index (χ3n) is 4.94. The molecule has 1 aliphatic rings. The fourth-order valence-corrected chi connectivity index (χ4v) is 4.36. The Labute approximate surface area is 190 Å². The maximum absolute atomic E-state index is 13.2. The predicted octanol–water partition coefficient (Wildman–Crippen LogP) is 3.80. The number of sulfonamides is 1. The van der Waals surface area contributed by atoms with E-state index in [1.54, 1.807) is 37.3 Å². The van der Waals surface area contributed by atoms with Crippen LogP contribution >= 0.6 is 0 Å². The van der Waals surface area contributed by atoms with Crippen LogP contribution in [0, 0.1) is 5.82 Å². The Kier molecular flexibility index (Phi) is 6.10. The lowest BCUT2D eigenvalue weighted by Crippen LogP contribution is -2.46. The highest BCUT2D eigenvalue weighted by molar-refractivity contribution is 7.92. The first kappa shape index (κ1) is 22.4. The summed E-state index contributed by atoms with van der Waals surface area (Å²) in [7, 11) is -2.64. The van der Waals surface area contributed by atoms with Crippen LogP contribution in [0.15, 0.2) is 71.6 Å². The van der Waals surface area contributed by atoms with Crippen LogP contribution < -0.4 is 24.2 Å². The van der Waals surface area contributed by atoms with Crippen molar-refractivity contribution in [3.8, 4) is 17.2 Å². The summed E-state index contributed by atoms with van der Waals surface area (Å²) in [6.07, 6.45) is -1.46. The summed E-state index contributed by atoms with van der Waals surface area (Å²) in [5.74, 6) is 0.226.